The van der Waals surface area contributed by atoms with Crippen molar-refractivity contribution in [1.29, 1.82) is 0 Å². The van der Waals surface area contributed by atoms with E-state index in [4.69, 9.17) is 11.5 Å². The number of fused-ring (bicyclic) bond motifs is 3. The highest BCUT2D eigenvalue weighted by molar-refractivity contribution is 5.99. The van der Waals surface area contributed by atoms with Gasteiger partial charge in [-0.25, -0.2) is 0 Å². The van der Waals surface area contributed by atoms with Gasteiger partial charge in [0.05, 0.1) is 12.3 Å². The summed E-state index contributed by atoms with van der Waals surface area (Å²) in [5, 5.41) is 9.45. The number of aromatic amines is 1. The van der Waals surface area contributed by atoms with Crippen LogP contribution in [0, 0.1) is 5.92 Å². The fourth-order valence-corrected chi connectivity index (χ4v) is 6.35. The van der Waals surface area contributed by atoms with E-state index in [-0.39, 0.29) is 18.7 Å². The number of benzene rings is 3. The molecule has 5 rings (SSSR count). The molecular formula is C36H40N6O5. The molecule has 1 heterocycles. The Bertz CT molecular complexity index is 1750. The molecule has 8 N–H and O–H groups in total. The second-order valence-corrected chi connectivity index (χ2v) is 12.5. The van der Waals surface area contributed by atoms with E-state index in [0.717, 1.165) is 33.3 Å². The Morgan fingerprint density at radius 1 is 0.809 bits per heavy atom. The summed E-state index contributed by atoms with van der Waals surface area (Å²) in [4.78, 5) is 69.4. The molecule has 0 spiro atoms. The maximum atomic E-state index is 14.6. The lowest BCUT2D eigenvalue weighted by Gasteiger charge is -2.39. The molecule has 11 heteroatoms. The van der Waals surface area contributed by atoms with E-state index in [1.54, 1.807) is 13.8 Å². The van der Waals surface area contributed by atoms with E-state index in [0.29, 0.717) is 6.42 Å². The van der Waals surface area contributed by atoms with Crippen molar-refractivity contribution in [2.45, 2.75) is 63.1 Å². The molecule has 5 amide bonds. The lowest BCUT2D eigenvalue weighted by molar-refractivity contribution is -0.138. The SMILES string of the molecule is CC(C)[C@H](NC(=O)[C@@]1(NC(=O)C(c2ccccc2)c2ccccc2)CCc2[nH]c3ccccc3c2C1)C(=O)N[C@@H](CC(N)=O)C(N)=O. The van der Waals surface area contributed by atoms with E-state index in [2.05, 4.69) is 20.9 Å². The van der Waals surface area contributed by atoms with Gasteiger partial charge in [-0.1, -0.05) is 92.7 Å². The first-order valence-electron chi connectivity index (χ1n) is 15.7. The summed E-state index contributed by atoms with van der Waals surface area (Å²) in [6.45, 7) is 3.48. The second kappa shape index (κ2) is 13.9. The molecular weight excluding hydrogens is 596 g/mol. The van der Waals surface area contributed by atoms with Crippen molar-refractivity contribution < 1.29 is 24.0 Å². The molecule has 47 heavy (non-hydrogen) atoms. The van der Waals surface area contributed by atoms with Crippen molar-refractivity contribution >= 4 is 40.4 Å². The number of para-hydroxylation sites is 1. The predicted octanol–water partition coefficient (Wildman–Crippen LogP) is 2.33. The minimum absolute atomic E-state index is 0.179. The minimum atomic E-state index is -1.43. The summed E-state index contributed by atoms with van der Waals surface area (Å²) < 4.78 is 0. The first kappa shape index (κ1) is 32.9. The molecule has 3 aromatic carbocycles. The lowest BCUT2D eigenvalue weighted by atomic mass is 9.77. The van der Waals surface area contributed by atoms with Gasteiger partial charge in [0.25, 0.3) is 0 Å². The number of hydrogen-bond acceptors (Lipinski definition) is 5. The van der Waals surface area contributed by atoms with Gasteiger partial charge in [0.15, 0.2) is 0 Å². The average Bonchev–Trinajstić information content (AvgIpc) is 3.41. The van der Waals surface area contributed by atoms with Gasteiger partial charge in [-0.2, -0.15) is 0 Å². The summed E-state index contributed by atoms with van der Waals surface area (Å²) >= 11 is 0. The zero-order valence-corrected chi connectivity index (χ0v) is 26.4. The Balaban J connectivity index is 1.52. The molecule has 4 aromatic rings. The van der Waals surface area contributed by atoms with Gasteiger partial charge in [-0.05, 0) is 41.5 Å². The van der Waals surface area contributed by atoms with E-state index in [1.165, 1.54) is 0 Å². The summed E-state index contributed by atoms with van der Waals surface area (Å²) in [7, 11) is 0. The minimum Gasteiger partial charge on any atom is -0.370 e. The standard InChI is InChI=1S/C36H40N6O5/c1-21(2)31(34(46)40-28(32(38)44)19-29(37)43)41-35(47)36(18-17-27-25(20-36)24-15-9-10-16-26(24)39-27)42-33(45)30(22-11-5-3-6-12-22)23-13-7-4-8-14-23/h3-16,21,28,30-31,39H,17-20H2,1-2H3,(H2,37,43)(H2,38,44)(H,40,46)(H,41,47)(H,42,45)/t28-,31-,36+/m0/s1. The number of nitrogens with two attached hydrogens (primary N) is 2. The topological polar surface area (TPSA) is 189 Å². The third kappa shape index (κ3) is 7.19. The third-order valence-corrected chi connectivity index (χ3v) is 8.81. The van der Waals surface area contributed by atoms with Gasteiger partial charge >= 0.3 is 0 Å². The van der Waals surface area contributed by atoms with Gasteiger partial charge < -0.3 is 32.4 Å². The number of aryl methyl sites for hydroxylation is 1. The van der Waals surface area contributed by atoms with E-state index in [9.17, 15) is 24.0 Å². The van der Waals surface area contributed by atoms with E-state index >= 15 is 0 Å². The van der Waals surface area contributed by atoms with Crippen LogP contribution in [0.4, 0.5) is 0 Å². The Morgan fingerprint density at radius 2 is 1.40 bits per heavy atom. The van der Waals surface area contributed by atoms with Crippen molar-refractivity contribution in [2.24, 2.45) is 17.4 Å². The van der Waals surface area contributed by atoms with Crippen molar-refractivity contribution in [2.75, 3.05) is 0 Å². The molecule has 0 saturated heterocycles. The molecule has 0 aliphatic heterocycles. The maximum Gasteiger partial charge on any atom is 0.246 e. The monoisotopic (exact) mass is 636 g/mol. The van der Waals surface area contributed by atoms with E-state index < -0.39 is 59.5 Å². The number of primary amides is 2. The maximum absolute atomic E-state index is 14.6. The quantitative estimate of drug-likeness (QED) is 0.139. The van der Waals surface area contributed by atoms with Crippen LogP contribution in [0.5, 0.6) is 0 Å². The second-order valence-electron chi connectivity index (χ2n) is 12.5. The van der Waals surface area contributed by atoms with Crippen LogP contribution in [0.3, 0.4) is 0 Å². The average molecular weight is 637 g/mol. The van der Waals surface area contributed by atoms with Crippen molar-refractivity contribution in [3.8, 4) is 0 Å². The molecule has 3 atom stereocenters. The molecule has 1 aromatic heterocycles. The Labute approximate surface area is 272 Å². The molecule has 11 nitrogen and oxygen atoms in total. The Kier molecular flexibility index (Phi) is 9.74. The summed E-state index contributed by atoms with van der Waals surface area (Å²) in [6, 6.07) is 24.1. The molecule has 244 valence electrons. The van der Waals surface area contributed by atoms with Crippen LogP contribution in [0.2, 0.25) is 0 Å². The first-order chi connectivity index (χ1) is 22.5. The number of hydrogen-bond donors (Lipinski definition) is 6. The molecule has 0 fully saturated rings. The molecule has 0 saturated carbocycles. The summed E-state index contributed by atoms with van der Waals surface area (Å²) in [6.07, 6.45) is 0.431. The lowest BCUT2D eigenvalue weighted by Crippen LogP contribution is -2.65. The number of rotatable bonds is 12. The van der Waals surface area contributed by atoms with Crippen LogP contribution in [0.1, 0.15) is 55.0 Å². The number of aromatic nitrogens is 1. The molecule has 0 radical (unpaired) electrons. The van der Waals surface area contributed by atoms with Crippen LogP contribution in [-0.2, 0) is 36.8 Å². The summed E-state index contributed by atoms with van der Waals surface area (Å²) in [5.41, 5.74) is 13.6. The highest BCUT2D eigenvalue weighted by Crippen LogP contribution is 2.36. The predicted molar refractivity (Wildman–Crippen MR) is 178 cm³/mol. The fourth-order valence-electron chi connectivity index (χ4n) is 6.35. The normalized spacial score (nSPS) is 17.0. The number of H-pyrrole nitrogens is 1. The fraction of sp³-hybridized carbons (Fsp3) is 0.306. The van der Waals surface area contributed by atoms with E-state index in [1.807, 2.05) is 84.9 Å². The van der Waals surface area contributed by atoms with Crippen LogP contribution >= 0.6 is 0 Å². The van der Waals surface area contributed by atoms with Crippen molar-refractivity contribution in [3.63, 3.8) is 0 Å². The largest absolute Gasteiger partial charge is 0.370 e. The van der Waals surface area contributed by atoms with Gasteiger partial charge in [0.2, 0.25) is 29.5 Å². The number of amides is 5. The van der Waals surface area contributed by atoms with Gasteiger partial charge in [-0.3, -0.25) is 24.0 Å². The van der Waals surface area contributed by atoms with Crippen molar-refractivity contribution in [3.05, 3.63) is 107 Å². The van der Waals surface area contributed by atoms with Gasteiger partial charge in [-0.15, -0.1) is 0 Å². The zero-order chi connectivity index (χ0) is 33.7. The zero-order valence-electron chi connectivity index (χ0n) is 26.4. The molecule has 1 aliphatic carbocycles. The van der Waals surface area contributed by atoms with Crippen LogP contribution in [0.15, 0.2) is 84.9 Å². The number of nitrogens with one attached hydrogen (secondary N) is 4. The molecule has 1 aliphatic rings. The van der Waals surface area contributed by atoms with Crippen LogP contribution < -0.4 is 27.4 Å². The highest BCUT2D eigenvalue weighted by atomic mass is 16.2. The van der Waals surface area contributed by atoms with Gasteiger partial charge in [0, 0.05) is 23.0 Å². The number of carbonyl (C=O) groups is 5. The smallest absolute Gasteiger partial charge is 0.246 e. The number of carbonyl (C=O) groups excluding carboxylic acids is 5. The molecule has 0 bridgehead atoms. The summed E-state index contributed by atoms with van der Waals surface area (Å²) in [5.74, 6) is -4.48. The first-order valence-corrected chi connectivity index (χ1v) is 15.7. The van der Waals surface area contributed by atoms with Gasteiger partial charge in [0.1, 0.15) is 17.6 Å². The van der Waals surface area contributed by atoms with Crippen LogP contribution in [0.25, 0.3) is 10.9 Å². The Hall–Kier alpha value is -5.45. The third-order valence-electron chi connectivity index (χ3n) is 8.81. The highest BCUT2D eigenvalue weighted by Gasteiger charge is 2.46. The Morgan fingerprint density at radius 3 is 1.98 bits per heavy atom. The van der Waals surface area contributed by atoms with Crippen molar-refractivity contribution in [1.82, 2.24) is 20.9 Å². The molecule has 0 unspecified atom stereocenters. The van der Waals surface area contributed by atoms with Crippen LogP contribution in [-0.4, -0.2) is 52.1 Å².